The van der Waals surface area contributed by atoms with Gasteiger partial charge in [-0.3, -0.25) is 9.48 Å². The second-order valence-electron chi connectivity index (χ2n) is 6.35. The predicted molar refractivity (Wildman–Crippen MR) is 75.6 cm³/mol. The van der Waals surface area contributed by atoms with Gasteiger partial charge in [0.15, 0.2) is 0 Å². The molecule has 21 heavy (non-hydrogen) atoms. The Morgan fingerprint density at radius 2 is 2.14 bits per heavy atom. The fourth-order valence-corrected chi connectivity index (χ4v) is 2.30. The summed E-state index contributed by atoms with van der Waals surface area (Å²) in [5, 5.41) is 3.95. The van der Waals surface area contributed by atoms with Crippen molar-refractivity contribution < 1.29 is 14.3 Å². The van der Waals surface area contributed by atoms with E-state index in [1.807, 2.05) is 20.8 Å². The summed E-state index contributed by atoms with van der Waals surface area (Å²) in [7, 11) is 1.76. The van der Waals surface area contributed by atoms with Crippen molar-refractivity contribution in [2.24, 2.45) is 13.0 Å². The van der Waals surface area contributed by atoms with Gasteiger partial charge in [-0.15, -0.1) is 0 Å². The summed E-state index contributed by atoms with van der Waals surface area (Å²) in [6.45, 7) is 6.47. The summed E-state index contributed by atoms with van der Waals surface area (Å²) in [5.41, 5.74) is -0.516. The third-order valence-corrected chi connectivity index (χ3v) is 3.43. The average molecular weight is 294 g/mol. The van der Waals surface area contributed by atoms with Crippen LogP contribution < -0.4 is 0 Å². The number of aromatic nitrogens is 3. The van der Waals surface area contributed by atoms with E-state index in [0.29, 0.717) is 25.3 Å². The molecule has 0 saturated carbocycles. The molecule has 0 aliphatic carbocycles. The minimum absolute atomic E-state index is 0.0946. The number of carbonyl (C=O) groups excluding carboxylic acids is 2. The van der Waals surface area contributed by atoms with Crippen molar-refractivity contribution in [3.8, 4) is 0 Å². The molecule has 1 aromatic heterocycles. The summed E-state index contributed by atoms with van der Waals surface area (Å²) >= 11 is 0. The minimum Gasteiger partial charge on any atom is -0.444 e. The van der Waals surface area contributed by atoms with Gasteiger partial charge in [0.2, 0.25) is 0 Å². The molecule has 0 radical (unpaired) electrons. The van der Waals surface area contributed by atoms with E-state index in [2.05, 4.69) is 10.1 Å². The van der Waals surface area contributed by atoms with Gasteiger partial charge in [-0.05, 0) is 27.2 Å². The number of ether oxygens (including phenoxy) is 1. The summed E-state index contributed by atoms with van der Waals surface area (Å²) < 4.78 is 6.92. The molecule has 1 aromatic rings. The molecular weight excluding hydrogens is 272 g/mol. The van der Waals surface area contributed by atoms with Crippen LogP contribution in [0.15, 0.2) is 6.33 Å². The molecule has 0 N–H and O–H groups in total. The Balaban J connectivity index is 1.89. The van der Waals surface area contributed by atoms with Gasteiger partial charge in [-0.1, -0.05) is 0 Å². The number of Topliss-reactive ketones (excluding diaryl/α,β-unsaturated/α-hetero) is 1. The van der Waals surface area contributed by atoms with E-state index in [9.17, 15) is 9.59 Å². The van der Waals surface area contributed by atoms with E-state index in [-0.39, 0.29) is 24.2 Å². The molecule has 1 unspecified atom stereocenters. The van der Waals surface area contributed by atoms with E-state index in [0.717, 1.165) is 0 Å². The lowest BCUT2D eigenvalue weighted by Crippen LogP contribution is -2.36. The predicted octanol–water partition coefficient (Wildman–Crippen LogP) is 1.18. The van der Waals surface area contributed by atoms with Crippen LogP contribution in [-0.2, 0) is 23.0 Å². The molecule has 0 spiro atoms. The monoisotopic (exact) mass is 294 g/mol. The van der Waals surface area contributed by atoms with E-state index in [1.165, 1.54) is 6.33 Å². The number of aryl methyl sites for hydroxylation is 1. The normalized spacial score (nSPS) is 18.9. The highest BCUT2D eigenvalue weighted by molar-refractivity contribution is 5.84. The first-order valence-electron chi connectivity index (χ1n) is 7.10. The smallest absolute Gasteiger partial charge is 0.410 e. The first-order chi connectivity index (χ1) is 9.76. The molecule has 2 heterocycles. The van der Waals surface area contributed by atoms with Crippen molar-refractivity contribution in [2.75, 3.05) is 13.1 Å². The van der Waals surface area contributed by atoms with Crippen molar-refractivity contribution in [3.63, 3.8) is 0 Å². The number of nitrogens with zero attached hydrogens (tertiary/aromatic N) is 4. The Hall–Kier alpha value is -1.92. The van der Waals surface area contributed by atoms with Crippen LogP contribution in [-0.4, -0.2) is 50.2 Å². The van der Waals surface area contributed by atoms with Crippen molar-refractivity contribution in [3.05, 3.63) is 12.2 Å². The number of amides is 1. The second kappa shape index (κ2) is 5.83. The highest BCUT2D eigenvalue weighted by Gasteiger charge is 2.33. The van der Waals surface area contributed by atoms with Crippen LogP contribution in [0.3, 0.4) is 0 Å². The third kappa shape index (κ3) is 4.03. The number of likely N-dealkylation sites (tertiary alicyclic amines) is 1. The van der Waals surface area contributed by atoms with Crippen LogP contribution >= 0.6 is 0 Å². The Kier molecular flexibility index (Phi) is 4.29. The topological polar surface area (TPSA) is 77.3 Å². The lowest BCUT2D eigenvalue weighted by molar-refractivity contribution is -0.121. The maximum atomic E-state index is 12.3. The summed E-state index contributed by atoms with van der Waals surface area (Å²) in [6, 6.07) is 0. The standard InChI is InChI=1S/C14H22N4O3/c1-14(2,3)21-13(20)18-6-5-10(8-18)11(19)7-12-15-9-16-17(12)4/h9-10H,5-8H2,1-4H3. The van der Waals surface area contributed by atoms with Gasteiger partial charge in [0.25, 0.3) is 0 Å². The van der Waals surface area contributed by atoms with Crippen molar-refractivity contribution >= 4 is 11.9 Å². The zero-order chi connectivity index (χ0) is 15.6. The molecule has 7 nitrogen and oxygen atoms in total. The molecule has 0 aromatic carbocycles. The highest BCUT2D eigenvalue weighted by atomic mass is 16.6. The molecule has 1 saturated heterocycles. The zero-order valence-corrected chi connectivity index (χ0v) is 13.0. The zero-order valence-electron chi connectivity index (χ0n) is 13.0. The maximum Gasteiger partial charge on any atom is 0.410 e. The molecular formula is C14H22N4O3. The van der Waals surface area contributed by atoms with E-state index < -0.39 is 5.60 Å². The second-order valence-corrected chi connectivity index (χ2v) is 6.35. The quantitative estimate of drug-likeness (QED) is 0.836. The Morgan fingerprint density at radius 1 is 1.43 bits per heavy atom. The molecule has 2 rings (SSSR count). The van der Waals surface area contributed by atoms with Gasteiger partial charge < -0.3 is 9.64 Å². The largest absolute Gasteiger partial charge is 0.444 e. The van der Waals surface area contributed by atoms with E-state index >= 15 is 0 Å². The lowest BCUT2D eigenvalue weighted by atomic mass is 10.0. The SMILES string of the molecule is Cn1ncnc1CC(=O)C1CCN(C(=O)OC(C)(C)C)C1. The van der Waals surface area contributed by atoms with Gasteiger partial charge >= 0.3 is 6.09 Å². The fraction of sp³-hybridized carbons (Fsp3) is 0.714. The number of hydrogen-bond donors (Lipinski definition) is 0. The van der Waals surface area contributed by atoms with Crippen molar-refractivity contribution in [2.45, 2.75) is 39.2 Å². The first kappa shape index (κ1) is 15.5. The summed E-state index contributed by atoms with van der Waals surface area (Å²) in [4.78, 5) is 29.9. The Bertz CT molecular complexity index is 533. The maximum absolute atomic E-state index is 12.3. The molecule has 1 atom stereocenters. The van der Waals surface area contributed by atoms with Gasteiger partial charge in [-0.2, -0.15) is 5.10 Å². The lowest BCUT2D eigenvalue weighted by Gasteiger charge is -2.24. The molecule has 116 valence electrons. The Labute approximate surface area is 124 Å². The van der Waals surface area contributed by atoms with Crippen LogP contribution in [0, 0.1) is 5.92 Å². The summed E-state index contributed by atoms with van der Waals surface area (Å²) in [6.07, 6.45) is 2.01. The van der Waals surface area contributed by atoms with Crippen LogP contribution in [0.25, 0.3) is 0 Å². The number of ketones is 1. The van der Waals surface area contributed by atoms with Crippen LogP contribution in [0.2, 0.25) is 0 Å². The Morgan fingerprint density at radius 3 is 2.71 bits per heavy atom. The van der Waals surface area contributed by atoms with Gasteiger partial charge in [-0.25, -0.2) is 9.78 Å². The van der Waals surface area contributed by atoms with Crippen LogP contribution in [0.1, 0.15) is 33.0 Å². The highest BCUT2D eigenvalue weighted by Crippen LogP contribution is 2.21. The van der Waals surface area contributed by atoms with Crippen LogP contribution in [0.4, 0.5) is 4.79 Å². The molecule has 1 fully saturated rings. The number of hydrogen-bond acceptors (Lipinski definition) is 5. The average Bonchev–Trinajstić information content (AvgIpc) is 2.97. The minimum atomic E-state index is -0.516. The van der Waals surface area contributed by atoms with Crippen molar-refractivity contribution in [1.82, 2.24) is 19.7 Å². The van der Waals surface area contributed by atoms with Gasteiger partial charge in [0.1, 0.15) is 23.5 Å². The van der Waals surface area contributed by atoms with E-state index in [4.69, 9.17) is 4.74 Å². The van der Waals surface area contributed by atoms with Gasteiger partial charge in [0.05, 0.1) is 6.42 Å². The van der Waals surface area contributed by atoms with Gasteiger partial charge in [0, 0.05) is 26.1 Å². The molecule has 0 bridgehead atoms. The molecule has 1 aliphatic heterocycles. The molecule has 7 heteroatoms. The van der Waals surface area contributed by atoms with Crippen molar-refractivity contribution in [1.29, 1.82) is 0 Å². The van der Waals surface area contributed by atoms with Crippen LogP contribution in [0.5, 0.6) is 0 Å². The fourth-order valence-electron chi connectivity index (χ4n) is 2.30. The van der Waals surface area contributed by atoms with E-state index in [1.54, 1.807) is 16.6 Å². The molecule has 1 amide bonds. The molecule has 1 aliphatic rings. The first-order valence-corrected chi connectivity index (χ1v) is 7.10. The number of carbonyl (C=O) groups is 2. The third-order valence-electron chi connectivity index (χ3n) is 3.43. The summed E-state index contributed by atoms with van der Waals surface area (Å²) in [5.74, 6) is 0.599. The number of rotatable bonds is 3.